The number of nitrogens with zero attached hydrogens (tertiary/aromatic N) is 5. The first kappa shape index (κ1) is 26.6. The Morgan fingerprint density at radius 2 is 1.89 bits per heavy atom. The molecule has 0 unspecified atom stereocenters. The van der Waals surface area contributed by atoms with E-state index in [0.717, 1.165) is 5.56 Å². The van der Waals surface area contributed by atoms with E-state index in [-0.39, 0.29) is 16.3 Å². The van der Waals surface area contributed by atoms with Gasteiger partial charge in [-0.25, -0.2) is 5.43 Å². The molecule has 0 spiro atoms. The van der Waals surface area contributed by atoms with Crippen LogP contribution in [0.5, 0.6) is 0 Å². The zero-order valence-corrected chi connectivity index (χ0v) is 22.1. The first-order chi connectivity index (χ1) is 17.8. The number of halogens is 3. The van der Waals surface area contributed by atoms with Crippen LogP contribution in [0.2, 0.25) is 15.1 Å². The van der Waals surface area contributed by atoms with Gasteiger partial charge in [0.05, 0.1) is 21.7 Å². The van der Waals surface area contributed by atoms with Crippen molar-refractivity contribution in [3.8, 4) is 11.4 Å². The van der Waals surface area contributed by atoms with E-state index < -0.39 is 10.8 Å². The van der Waals surface area contributed by atoms with Gasteiger partial charge in [0.15, 0.2) is 11.0 Å². The number of hydrazone groups is 1. The van der Waals surface area contributed by atoms with Gasteiger partial charge in [0.2, 0.25) is 0 Å². The molecule has 0 aliphatic carbocycles. The number of aromatic nitrogens is 3. The van der Waals surface area contributed by atoms with Crippen LogP contribution in [0, 0.1) is 10.1 Å². The van der Waals surface area contributed by atoms with Crippen LogP contribution in [-0.2, 0) is 6.54 Å². The molecular weight excluding hydrogens is 559 g/mol. The van der Waals surface area contributed by atoms with Crippen molar-refractivity contribution in [1.29, 1.82) is 0 Å². The van der Waals surface area contributed by atoms with Crippen LogP contribution in [0.15, 0.2) is 75.8 Å². The average molecular weight is 576 g/mol. The highest BCUT2D eigenvalue weighted by Crippen LogP contribution is 2.33. The number of nitrogens with one attached hydrogen (secondary N) is 1. The summed E-state index contributed by atoms with van der Waals surface area (Å²) in [6.07, 6.45) is 1.32. The SMILES string of the molecule is CCn1c(Sc2ccc([N+](=O)[O-])cc2/C=N\NC(=O)c2ccc(Cl)cc2Cl)nnc1-c1cccc(Cl)c1. The van der Waals surface area contributed by atoms with E-state index >= 15 is 0 Å². The van der Waals surface area contributed by atoms with Gasteiger partial charge in [0.1, 0.15) is 0 Å². The molecule has 13 heteroatoms. The van der Waals surface area contributed by atoms with Crippen molar-refractivity contribution in [2.75, 3.05) is 0 Å². The Bertz CT molecular complexity index is 1530. The lowest BCUT2D eigenvalue weighted by molar-refractivity contribution is -0.384. The zero-order valence-electron chi connectivity index (χ0n) is 19.1. The van der Waals surface area contributed by atoms with E-state index in [1.54, 1.807) is 18.2 Å². The summed E-state index contributed by atoms with van der Waals surface area (Å²) in [4.78, 5) is 23.9. The molecule has 0 bridgehead atoms. The second-order valence-corrected chi connectivity index (χ2v) is 9.75. The lowest BCUT2D eigenvalue weighted by Gasteiger charge is -2.09. The standard InChI is InChI=1S/C24H17Cl3N6O3S/c1-2-32-22(14-4-3-5-16(25)10-14)29-31-24(32)37-21-9-7-18(33(35)36)11-15(21)13-28-30-23(34)19-8-6-17(26)12-20(19)27/h3-13H,2H2,1H3,(H,30,34)/b28-13-. The monoisotopic (exact) mass is 574 g/mol. The van der Waals surface area contributed by atoms with Gasteiger partial charge in [-0.05, 0) is 55.1 Å². The summed E-state index contributed by atoms with van der Waals surface area (Å²) in [5.74, 6) is 0.0752. The molecule has 4 aromatic rings. The zero-order chi connectivity index (χ0) is 26.5. The first-order valence-corrected chi connectivity index (χ1v) is 12.7. The van der Waals surface area contributed by atoms with Crippen LogP contribution in [0.25, 0.3) is 11.4 Å². The summed E-state index contributed by atoms with van der Waals surface area (Å²) in [5.41, 5.74) is 3.64. The highest BCUT2D eigenvalue weighted by Gasteiger charge is 2.17. The molecule has 1 heterocycles. The molecule has 3 aromatic carbocycles. The van der Waals surface area contributed by atoms with Crippen LogP contribution in [0.1, 0.15) is 22.8 Å². The van der Waals surface area contributed by atoms with Crippen molar-refractivity contribution in [2.24, 2.45) is 5.10 Å². The maximum Gasteiger partial charge on any atom is 0.272 e. The minimum absolute atomic E-state index is 0.130. The fourth-order valence-electron chi connectivity index (χ4n) is 3.33. The van der Waals surface area contributed by atoms with Crippen LogP contribution < -0.4 is 5.43 Å². The third-order valence-electron chi connectivity index (χ3n) is 5.07. The number of carbonyl (C=O) groups excluding carboxylic acids is 1. The van der Waals surface area contributed by atoms with Gasteiger partial charge in [-0.1, -0.05) is 46.9 Å². The van der Waals surface area contributed by atoms with E-state index in [2.05, 4.69) is 20.7 Å². The fraction of sp³-hybridized carbons (Fsp3) is 0.0833. The summed E-state index contributed by atoms with van der Waals surface area (Å²) in [6, 6.07) is 16.1. The minimum atomic E-state index is -0.561. The predicted octanol–water partition coefficient (Wildman–Crippen LogP) is 6.75. The second kappa shape index (κ2) is 11.7. The van der Waals surface area contributed by atoms with Crippen LogP contribution in [-0.4, -0.2) is 31.8 Å². The van der Waals surface area contributed by atoms with Gasteiger partial charge >= 0.3 is 0 Å². The molecule has 1 amide bonds. The maximum atomic E-state index is 12.5. The van der Waals surface area contributed by atoms with E-state index in [1.165, 1.54) is 48.3 Å². The number of non-ortho nitro benzene ring substituents is 1. The Hall–Kier alpha value is -3.44. The molecule has 0 aliphatic heterocycles. The highest BCUT2D eigenvalue weighted by molar-refractivity contribution is 7.99. The Morgan fingerprint density at radius 3 is 2.59 bits per heavy atom. The third kappa shape index (κ3) is 6.28. The number of hydrogen-bond acceptors (Lipinski definition) is 7. The first-order valence-electron chi connectivity index (χ1n) is 10.7. The number of amides is 1. The number of rotatable bonds is 8. The number of carbonyl (C=O) groups is 1. The normalized spacial score (nSPS) is 11.1. The molecule has 0 aliphatic rings. The lowest BCUT2D eigenvalue weighted by atomic mass is 10.2. The van der Waals surface area contributed by atoms with Gasteiger partial charge in [0.25, 0.3) is 11.6 Å². The van der Waals surface area contributed by atoms with Crippen molar-refractivity contribution in [3.05, 3.63) is 97.0 Å². The minimum Gasteiger partial charge on any atom is -0.302 e. The van der Waals surface area contributed by atoms with Crippen LogP contribution in [0.4, 0.5) is 5.69 Å². The summed E-state index contributed by atoms with van der Waals surface area (Å²) < 4.78 is 1.91. The second-order valence-electron chi connectivity index (χ2n) is 7.47. The van der Waals surface area contributed by atoms with E-state index in [9.17, 15) is 14.9 Å². The van der Waals surface area contributed by atoms with E-state index in [1.807, 2.05) is 23.6 Å². The molecule has 188 valence electrons. The van der Waals surface area contributed by atoms with Crippen molar-refractivity contribution in [1.82, 2.24) is 20.2 Å². The number of nitro groups is 1. The molecule has 0 fully saturated rings. The summed E-state index contributed by atoms with van der Waals surface area (Å²) >= 11 is 19.3. The van der Waals surface area contributed by atoms with Crippen molar-refractivity contribution >= 4 is 64.4 Å². The van der Waals surface area contributed by atoms with Gasteiger partial charge in [0, 0.05) is 44.7 Å². The molecule has 0 atom stereocenters. The quantitative estimate of drug-likeness (QED) is 0.141. The molecule has 0 saturated carbocycles. The fourth-order valence-corrected chi connectivity index (χ4v) is 4.98. The van der Waals surface area contributed by atoms with Crippen molar-refractivity contribution in [3.63, 3.8) is 0 Å². The number of hydrogen-bond donors (Lipinski definition) is 1. The summed E-state index contributed by atoms with van der Waals surface area (Å²) in [5, 5.41) is 25.7. The van der Waals surface area contributed by atoms with Crippen molar-refractivity contribution < 1.29 is 9.72 Å². The van der Waals surface area contributed by atoms with Gasteiger partial charge in [-0.3, -0.25) is 14.9 Å². The Balaban J connectivity index is 1.62. The van der Waals surface area contributed by atoms with Crippen LogP contribution >= 0.6 is 46.6 Å². The average Bonchev–Trinajstić information content (AvgIpc) is 3.27. The smallest absolute Gasteiger partial charge is 0.272 e. The Labute approximate surface area is 230 Å². The predicted molar refractivity (Wildman–Crippen MR) is 145 cm³/mol. The topological polar surface area (TPSA) is 115 Å². The van der Waals surface area contributed by atoms with Crippen molar-refractivity contribution in [2.45, 2.75) is 23.5 Å². The summed E-state index contributed by atoms with van der Waals surface area (Å²) in [6.45, 7) is 2.53. The largest absolute Gasteiger partial charge is 0.302 e. The molecule has 1 aromatic heterocycles. The van der Waals surface area contributed by atoms with Crippen LogP contribution in [0.3, 0.4) is 0 Å². The summed E-state index contributed by atoms with van der Waals surface area (Å²) in [7, 11) is 0. The Morgan fingerprint density at radius 1 is 1.11 bits per heavy atom. The lowest BCUT2D eigenvalue weighted by Crippen LogP contribution is -2.18. The number of nitro benzene ring substituents is 1. The van der Waals surface area contributed by atoms with Gasteiger partial charge in [-0.15, -0.1) is 10.2 Å². The van der Waals surface area contributed by atoms with E-state index in [0.29, 0.717) is 38.0 Å². The van der Waals surface area contributed by atoms with Gasteiger partial charge < -0.3 is 4.57 Å². The highest BCUT2D eigenvalue weighted by atomic mass is 35.5. The number of benzene rings is 3. The molecule has 37 heavy (non-hydrogen) atoms. The van der Waals surface area contributed by atoms with E-state index in [4.69, 9.17) is 34.8 Å². The molecule has 9 nitrogen and oxygen atoms in total. The molecule has 1 N–H and O–H groups in total. The third-order valence-corrected chi connectivity index (χ3v) is 6.93. The molecule has 0 radical (unpaired) electrons. The molecule has 4 rings (SSSR count). The molecular formula is C24H17Cl3N6O3S. The maximum absolute atomic E-state index is 12.5. The molecule has 0 saturated heterocycles. The Kier molecular flexibility index (Phi) is 8.45. The van der Waals surface area contributed by atoms with Gasteiger partial charge in [-0.2, -0.15) is 5.10 Å².